The number of aromatic nitrogens is 5. The van der Waals surface area contributed by atoms with Crippen LogP contribution in [0.3, 0.4) is 0 Å². The molecule has 4 heterocycles. The van der Waals surface area contributed by atoms with Crippen LogP contribution in [-0.2, 0) is 28.0 Å². The molecule has 0 bridgehead atoms. The molecule has 0 spiro atoms. The lowest BCUT2D eigenvalue weighted by Crippen LogP contribution is -2.67. The summed E-state index contributed by atoms with van der Waals surface area (Å²) in [6.07, 6.45) is 3.20. The quantitative estimate of drug-likeness (QED) is 0.261. The van der Waals surface area contributed by atoms with Crippen LogP contribution in [0.1, 0.15) is 0 Å². The van der Waals surface area contributed by atoms with Gasteiger partial charge in [-0.15, -0.1) is 16.9 Å². The highest BCUT2D eigenvalue weighted by atomic mass is 32.2. The molecule has 0 aliphatic carbocycles. The molecular formula is C17H18N7O5S2+. The lowest BCUT2D eigenvalue weighted by molar-refractivity contribution is -0.685. The molecule has 1 unspecified atom stereocenters. The number of carbonyl (C=O) groups excluding carboxylic acids is 1. The fourth-order valence-corrected chi connectivity index (χ4v) is 5.62. The number of aliphatic carboxylic acids is 2. The Labute approximate surface area is 184 Å². The highest BCUT2D eigenvalue weighted by Crippen LogP contribution is 2.42. The van der Waals surface area contributed by atoms with Gasteiger partial charge in [-0.3, -0.25) is 9.69 Å². The van der Waals surface area contributed by atoms with Gasteiger partial charge in [-0.05, 0) is 16.0 Å². The highest BCUT2D eigenvalue weighted by Gasteiger charge is 2.53. The first kappa shape index (κ1) is 21.1. The zero-order valence-electron chi connectivity index (χ0n) is 16.2. The second kappa shape index (κ2) is 8.55. The van der Waals surface area contributed by atoms with Crippen molar-refractivity contribution < 1.29 is 29.2 Å². The Kier molecular flexibility index (Phi) is 5.82. The number of anilines is 1. The molecule has 162 valence electrons. The fourth-order valence-electron chi connectivity index (χ4n) is 3.28. The molecule has 0 saturated carbocycles. The fraction of sp³-hybridized carbons (Fsp3) is 0.353. The van der Waals surface area contributed by atoms with Gasteiger partial charge in [0.1, 0.15) is 17.1 Å². The van der Waals surface area contributed by atoms with E-state index in [9.17, 15) is 19.5 Å². The summed E-state index contributed by atoms with van der Waals surface area (Å²) >= 11 is 2.81. The Morgan fingerprint density at radius 2 is 2.10 bits per heavy atom. The van der Waals surface area contributed by atoms with Crippen LogP contribution in [0.4, 0.5) is 5.69 Å². The third-order valence-corrected chi connectivity index (χ3v) is 7.17. The zero-order chi connectivity index (χ0) is 22.1. The van der Waals surface area contributed by atoms with Gasteiger partial charge in [0.2, 0.25) is 11.7 Å². The number of nitrogens with one attached hydrogen (secondary N) is 1. The molecule has 2 aromatic rings. The van der Waals surface area contributed by atoms with E-state index in [1.165, 1.54) is 37.7 Å². The number of hydrogen-bond donors (Lipinski definition) is 3. The lowest BCUT2D eigenvalue weighted by atomic mass is 10.0. The third-order valence-electron chi connectivity index (χ3n) is 4.74. The zero-order valence-corrected chi connectivity index (χ0v) is 17.8. The van der Waals surface area contributed by atoms with Crippen LogP contribution in [0.5, 0.6) is 0 Å². The summed E-state index contributed by atoms with van der Waals surface area (Å²) in [7, 11) is 1.70. The topological polar surface area (TPSA) is 154 Å². The van der Waals surface area contributed by atoms with Crippen LogP contribution < -0.4 is 9.88 Å². The number of amides is 1. The number of fused-ring (bicyclic) bond motifs is 1. The van der Waals surface area contributed by atoms with E-state index in [0.717, 1.165) is 0 Å². The maximum absolute atomic E-state index is 12.8. The number of thioether (sulfide) groups is 2. The molecule has 0 aromatic carbocycles. The largest absolute Gasteiger partial charge is 0.477 e. The van der Waals surface area contributed by atoms with Gasteiger partial charge in [0, 0.05) is 36.4 Å². The number of aryl methyl sites for hydroxylation is 1. The Hall–Kier alpha value is -3.13. The van der Waals surface area contributed by atoms with Crippen molar-refractivity contribution in [3.05, 3.63) is 35.8 Å². The van der Waals surface area contributed by atoms with Crippen molar-refractivity contribution in [3.8, 4) is 0 Å². The van der Waals surface area contributed by atoms with Crippen LogP contribution in [-0.4, -0.2) is 76.1 Å². The SMILES string of the molecule is Cn1nnnc1SCC1=C(C(=O)O)N2C(=O)[C@@H](Nc3cc[n+](CC(=O)O)cc3)C2SC1. The minimum Gasteiger partial charge on any atom is -0.477 e. The van der Waals surface area contributed by atoms with Crippen molar-refractivity contribution in [3.63, 3.8) is 0 Å². The summed E-state index contributed by atoms with van der Waals surface area (Å²) in [5.74, 6) is -1.58. The number of nitrogens with zero attached hydrogens (tertiary/aromatic N) is 6. The van der Waals surface area contributed by atoms with Crippen molar-refractivity contribution in [1.29, 1.82) is 0 Å². The number of carboxylic acid groups (broad SMARTS) is 2. The minimum atomic E-state index is -1.14. The summed E-state index contributed by atoms with van der Waals surface area (Å²) in [5, 5.41) is 33.1. The van der Waals surface area contributed by atoms with Crippen molar-refractivity contribution in [2.24, 2.45) is 7.05 Å². The molecule has 2 aliphatic rings. The molecular weight excluding hydrogens is 446 g/mol. The second-order valence-electron chi connectivity index (χ2n) is 6.82. The number of hydrogen-bond acceptors (Lipinski definition) is 9. The smallest absolute Gasteiger partial charge is 0.370 e. The standard InChI is InChI=1S/C17H17N7O5S2/c1-22-17(19-20-21-22)31-8-9-7-30-15-12(14(27)24(15)13(9)16(28)29)18-10-2-4-23(5-3-10)6-11(25)26/h2-5,12,15H,6-8H2,1H3,(H2,25,26,28,29)/p+1/t12-,15?/m1/s1. The first-order valence-electron chi connectivity index (χ1n) is 9.07. The van der Waals surface area contributed by atoms with E-state index < -0.39 is 18.0 Å². The maximum Gasteiger partial charge on any atom is 0.370 e. The van der Waals surface area contributed by atoms with Gasteiger partial charge < -0.3 is 15.5 Å². The summed E-state index contributed by atoms with van der Waals surface area (Å²) in [6.45, 7) is -0.160. The number of carbonyl (C=O) groups is 3. The van der Waals surface area contributed by atoms with E-state index in [1.807, 2.05) is 0 Å². The van der Waals surface area contributed by atoms with E-state index in [4.69, 9.17) is 5.11 Å². The van der Waals surface area contributed by atoms with Crippen LogP contribution in [0.15, 0.2) is 41.0 Å². The van der Waals surface area contributed by atoms with E-state index in [0.29, 0.717) is 27.9 Å². The molecule has 12 nitrogen and oxygen atoms in total. The molecule has 0 radical (unpaired) electrons. The summed E-state index contributed by atoms with van der Waals surface area (Å²) in [5.41, 5.74) is 1.31. The van der Waals surface area contributed by atoms with Crippen molar-refractivity contribution in [2.45, 2.75) is 23.1 Å². The van der Waals surface area contributed by atoms with Crippen LogP contribution >= 0.6 is 23.5 Å². The van der Waals surface area contributed by atoms with E-state index in [1.54, 1.807) is 31.6 Å². The summed E-state index contributed by atoms with van der Waals surface area (Å²) < 4.78 is 3.00. The van der Waals surface area contributed by atoms with Gasteiger partial charge in [-0.2, -0.15) is 4.57 Å². The number of pyridine rings is 1. The van der Waals surface area contributed by atoms with Gasteiger partial charge in [0.15, 0.2) is 12.4 Å². The van der Waals surface area contributed by atoms with Crippen LogP contribution in [0.2, 0.25) is 0 Å². The van der Waals surface area contributed by atoms with Gasteiger partial charge in [0.25, 0.3) is 5.91 Å². The average molecular weight is 465 g/mol. The Morgan fingerprint density at radius 1 is 1.35 bits per heavy atom. The predicted octanol–water partition coefficient (Wildman–Crippen LogP) is -0.591. The number of rotatable bonds is 8. The maximum atomic E-state index is 12.8. The van der Waals surface area contributed by atoms with Crippen molar-refractivity contribution in [2.75, 3.05) is 16.8 Å². The molecule has 1 saturated heterocycles. The van der Waals surface area contributed by atoms with E-state index in [2.05, 4.69) is 20.8 Å². The van der Waals surface area contributed by atoms with Crippen LogP contribution in [0.25, 0.3) is 0 Å². The highest BCUT2D eigenvalue weighted by molar-refractivity contribution is 8.01. The first-order chi connectivity index (χ1) is 14.8. The summed E-state index contributed by atoms with van der Waals surface area (Å²) in [6, 6.07) is 2.79. The normalized spacial score (nSPS) is 20.3. The van der Waals surface area contributed by atoms with Gasteiger partial charge in [-0.25, -0.2) is 14.3 Å². The molecule has 2 aliphatic heterocycles. The molecule has 3 N–H and O–H groups in total. The molecule has 14 heteroatoms. The van der Waals surface area contributed by atoms with E-state index in [-0.39, 0.29) is 23.5 Å². The Morgan fingerprint density at radius 3 is 2.71 bits per heavy atom. The predicted molar refractivity (Wildman–Crippen MR) is 109 cm³/mol. The molecule has 1 fully saturated rings. The molecule has 2 aromatic heterocycles. The Bertz CT molecular complexity index is 1070. The van der Waals surface area contributed by atoms with Crippen molar-refractivity contribution >= 4 is 47.1 Å². The first-order valence-corrected chi connectivity index (χ1v) is 11.1. The van der Waals surface area contributed by atoms with E-state index >= 15 is 0 Å². The van der Waals surface area contributed by atoms with Crippen molar-refractivity contribution in [1.82, 2.24) is 25.1 Å². The second-order valence-corrected chi connectivity index (χ2v) is 8.86. The molecule has 4 rings (SSSR count). The molecule has 1 amide bonds. The Balaban J connectivity index is 1.46. The average Bonchev–Trinajstić information content (AvgIpc) is 3.15. The minimum absolute atomic E-state index is 0.0155. The third kappa shape index (κ3) is 4.20. The molecule has 31 heavy (non-hydrogen) atoms. The monoisotopic (exact) mass is 464 g/mol. The van der Waals surface area contributed by atoms with Gasteiger partial charge in [-0.1, -0.05) is 11.8 Å². The number of carboxylic acids is 2. The number of β-lactam (4-membered cyclic amide) rings is 1. The van der Waals surface area contributed by atoms with Crippen LogP contribution in [0, 0.1) is 0 Å². The molecule has 2 atom stereocenters. The lowest BCUT2D eigenvalue weighted by Gasteiger charge is -2.49. The summed E-state index contributed by atoms with van der Waals surface area (Å²) in [4.78, 5) is 36.8. The number of tetrazole rings is 1. The van der Waals surface area contributed by atoms with Gasteiger partial charge in [0.05, 0.1) is 0 Å². The van der Waals surface area contributed by atoms with Gasteiger partial charge >= 0.3 is 11.9 Å².